The minimum absolute atomic E-state index is 0.109. The molecule has 0 radical (unpaired) electrons. The molecule has 6 heteroatoms. The Hall–Kier alpha value is -2.63. The Morgan fingerprint density at radius 1 is 1.12 bits per heavy atom. The van der Waals surface area contributed by atoms with Crippen LogP contribution in [0.15, 0.2) is 24.3 Å². The molecular formula is C20H21N3O3. The van der Waals surface area contributed by atoms with Gasteiger partial charge in [0.05, 0.1) is 11.8 Å². The van der Waals surface area contributed by atoms with E-state index < -0.39 is 5.92 Å². The molecule has 26 heavy (non-hydrogen) atoms. The number of aromatic nitrogens is 1. The summed E-state index contributed by atoms with van der Waals surface area (Å²) in [5.41, 5.74) is 3.03. The van der Waals surface area contributed by atoms with Crippen LogP contribution in [0.3, 0.4) is 0 Å². The highest BCUT2D eigenvalue weighted by atomic mass is 16.2. The van der Waals surface area contributed by atoms with E-state index in [1.807, 2.05) is 24.3 Å². The van der Waals surface area contributed by atoms with E-state index in [2.05, 4.69) is 4.98 Å². The summed E-state index contributed by atoms with van der Waals surface area (Å²) < 4.78 is 0. The van der Waals surface area contributed by atoms with Crippen molar-refractivity contribution in [1.29, 1.82) is 0 Å². The van der Waals surface area contributed by atoms with Gasteiger partial charge in [0, 0.05) is 29.7 Å². The number of nitrogens with one attached hydrogen (secondary N) is 1. The number of amides is 3. The van der Waals surface area contributed by atoms with Crippen LogP contribution < -0.4 is 0 Å². The summed E-state index contributed by atoms with van der Waals surface area (Å²) in [6, 6.07) is 7.92. The van der Waals surface area contributed by atoms with Crippen molar-refractivity contribution in [3.05, 3.63) is 35.5 Å². The van der Waals surface area contributed by atoms with Crippen molar-refractivity contribution in [3.63, 3.8) is 0 Å². The van der Waals surface area contributed by atoms with Crippen molar-refractivity contribution in [3.8, 4) is 0 Å². The molecule has 1 aromatic carbocycles. The van der Waals surface area contributed by atoms with Gasteiger partial charge in [0.2, 0.25) is 17.7 Å². The van der Waals surface area contributed by atoms with Gasteiger partial charge < -0.3 is 9.88 Å². The van der Waals surface area contributed by atoms with Gasteiger partial charge in [-0.05, 0) is 37.3 Å². The van der Waals surface area contributed by atoms with Crippen LogP contribution in [0, 0.1) is 5.92 Å². The van der Waals surface area contributed by atoms with Gasteiger partial charge in [0.1, 0.15) is 6.54 Å². The summed E-state index contributed by atoms with van der Waals surface area (Å²) in [6.45, 7) is 1.35. The number of nitrogens with zero attached hydrogens (tertiary/aromatic N) is 2. The molecule has 2 fully saturated rings. The number of benzene rings is 1. The second kappa shape index (κ2) is 5.69. The van der Waals surface area contributed by atoms with Gasteiger partial charge in [-0.2, -0.15) is 0 Å². The summed E-state index contributed by atoms with van der Waals surface area (Å²) in [5, 5.41) is 1.02. The molecule has 0 spiro atoms. The lowest BCUT2D eigenvalue weighted by atomic mass is 9.78. The minimum Gasteiger partial charge on any atom is -0.358 e. The fourth-order valence-electron chi connectivity index (χ4n) is 4.84. The zero-order valence-corrected chi connectivity index (χ0v) is 14.5. The van der Waals surface area contributed by atoms with Crippen LogP contribution in [0.1, 0.15) is 36.4 Å². The number of H-pyrrole nitrogens is 1. The summed E-state index contributed by atoms with van der Waals surface area (Å²) in [4.78, 5) is 44.9. The van der Waals surface area contributed by atoms with Gasteiger partial charge in [-0.3, -0.25) is 19.3 Å². The number of aromatic amines is 1. The maximum atomic E-state index is 13.1. The Balaban J connectivity index is 1.49. The molecule has 1 aliphatic carbocycles. The molecule has 0 saturated carbocycles. The van der Waals surface area contributed by atoms with E-state index >= 15 is 0 Å². The maximum absolute atomic E-state index is 13.1. The van der Waals surface area contributed by atoms with E-state index in [9.17, 15) is 14.4 Å². The van der Waals surface area contributed by atoms with Crippen LogP contribution in [0.25, 0.3) is 10.9 Å². The normalized spacial score (nSPS) is 25.1. The average Bonchev–Trinajstić information content (AvgIpc) is 3.35. The van der Waals surface area contributed by atoms with Crippen molar-refractivity contribution < 1.29 is 14.4 Å². The molecule has 2 aromatic rings. The number of likely N-dealkylation sites (tertiary alicyclic amines) is 2. The first-order chi connectivity index (χ1) is 12.6. The van der Waals surface area contributed by atoms with Gasteiger partial charge in [-0.15, -0.1) is 0 Å². The Bertz CT molecular complexity index is 926. The summed E-state index contributed by atoms with van der Waals surface area (Å²) in [7, 11) is 0. The van der Waals surface area contributed by atoms with Crippen molar-refractivity contribution in [1.82, 2.24) is 14.8 Å². The monoisotopic (exact) mass is 351 g/mol. The van der Waals surface area contributed by atoms with Crippen LogP contribution in [0.5, 0.6) is 0 Å². The second-order valence-electron chi connectivity index (χ2n) is 7.54. The lowest BCUT2D eigenvalue weighted by Crippen LogP contribution is -2.42. The number of imide groups is 1. The Morgan fingerprint density at radius 2 is 1.88 bits per heavy atom. The van der Waals surface area contributed by atoms with Crippen LogP contribution in [-0.2, 0) is 20.8 Å². The standard InChI is InChI=1S/C20H21N3O3/c24-16(22-9-3-4-10-22)11-23-19(25)13-7-8-15-17(18(13)20(23)26)12-5-1-2-6-14(12)21-15/h1-2,5-6,13,18,21H,3-4,7-11H2/t13-,18-/m1/s1. The first-order valence-corrected chi connectivity index (χ1v) is 9.37. The van der Waals surface area contributed by atoms with Gasteiger partial charge in [0.15, 0.2) is 0 Å². The Morgan fingerprint density at radius 3 is 2.69 bits per heavy atom. The molecule has 0 unspecified atom stereocenters. The fraction of sp³-hybridized carbons (Fsp3) is 0.450. The minimum atomic E-state index is -0.450. The summed E-state index contributed by atoms with van der Waals surface area (Å²) >= 11 is 0. The van der Waals surface area contributed by atoms with E-state index in [0.29, 0.717) is 6.42 Å². The fourth-order valence-corrected chi connectivity index (χ4v) is 4.84. The Labute approximate surface area is 151 Å². The number of rotatable bonds is 2. The van der Waals surface area contributed by atoms with Crippen molar-refractivity contribution in [2.24, 2.45) is 5.92 Å². The van der Waals surface area contributed by atoms with Crippen molar-refractivity contribution in [2.45, 2.75) is 31.6 Å². The number of fused-ring (bicyclic) bond motifs is 5. The number of hydrogen-bond donors (Lipinski definition) is 1. The lowest BCUT2D eigenvalue weighted by Gasteiger charge is -2.21. The third-order valence-electron chi connectivity index (χ3n) is 6.11. The molecule has 3 heterocycles. The lowest BCUT2D eigenvalue weighted by molar-refractivity contribution is -0.145. The summed E-state index contributed by atoms with van der Waals surface area (Å²) in [5.74, 6) is -1.28. The zero-order valence-electron chi connectivity index (χ0n) is 14.5. The molecule has 2 atom stereocenters. The van der Waals surface area contributed by atoms with Crippen molar-refractivity contribution in [2.75, 3.05) is 19.6 Å². The summed E-state index contributed by atoms with van der Waals surface area (Å²) in [6.07, 6.45) is 3.41. The smallest absolute Gasteiger partial charge is 0.242 e. The maximum Gasteiger partial charge on any atom is 0.242 e. The number of carbonyl (C=O) groups is 3. The highest BCUT2D eigenvalue weighted by molar-refractivity contribution is 6.11. The van der Waals surface area contributed by atoms with Crippen LogP contribution in [0.2, 0.25) is 0 Å². The quantitative estimate of drug-likeness (QED) is 0.839. The zero-order chi connectivity index (χ0) is 17.8. The number of carbonyl (C=O) groups excluding carboxylic acids is 3. The largest absolute Gasteiger partial charge is 0.358 e. The molecule has 0 bridgehead atoms. The SMILES string of the molecule is O=C(CN1C(=O)[C@@H]2CCc3[nH]c4ccccc4c3[C@@H]2C1=O)N1CCCC1. The van der Waals surface area contributed by atoms with E-state index in [1.54, 1.807) is 4.90 Å². The second-order valence-corrected chi connectivity index (χ2v) is 7.54. The third kappa shape index (κ3) is 2.14. The molecule has 2 saturated heterocycles. The van der Waals surface area contributed by atoms with Gasteiger partial charge in [-0.1, -0.05) is 18.2 Å². The predicted octanol–water partition coefficient (Wildman–Crippen LogP) is 1.81. The molecule has 3 amide bonds. The van der Waals surface area contributed by atoms with Crippen LogP contribution in [0.4, 0.5) is 0 Å². The number of para-hydroxylation sites is 1. The third-order valence-corrected chi connectivity index (χ3v) is 6.11. The van der Waals surface area contributed by atoms with Crippen LogP contribution in [-0.4, -0.2) is 52.1 Å². The molecule has 3 aliphatic rings. The van der Waals surface area contributed by atoms with Gasteiger partial charge in [-0.25, -0.2) is 0 Å². The predicted molar refractivity (Wildman–Crippen MR) is 95.4 cm³/mol. The number of hydrogen-bond acceptors (Lipinski definition) is 3. The van der Waals surface area contributed by atoms with E-state index in [4.69, 9.17) is 0 Å². The van der Waals surface area contributed by atoms with Crippen LogP contribution >= 0.6 is 0 Å². The first-order valence-electron chi connectivity index (χ1n) is 9.37. The molecule has 2 aliphatic heterocycles. The average molecular weight is 351 g/mol. The molecule has 6 nitrogen and oxygen atoms in total. The van der Waals surface area contributed by atoms with Crippen molar-refractivity contribution >= 4 is 28.6 Å². The highest BCUT2D eigenvalue weighted by Crippen LogP contribution is 2.45. The van der Waals surface area contributed by atoms with E-state index in [0.717, 1.165) is 54.5 Å². The van der Waals surface area contributed by atoms with Gasteiger partial charge >= 0.3 is 0 Å². The molecule has 5 rings (SSSR count). The highest BCUT2D eigenvalue weighted by Gasteiger charge is 2.52. The van der Waals surface area contributed by atoms with E-state index in [-0.39, 0.29) is 30.2 Å². The van der Waals surface area contributed by atoms with E-state index in [1.165, 1.54) is 4.90 Å². The Kier molecular flexibility index (Phi) is 3.42. The number of aryl methyl sites for hydroxylation is 1. The topological polar surface area (TPSA) is 73.5 Å². The first kappa shape index (κ1) is 15.6. The molecule has 1 aromatic heterocycles. The molecular weight excluding hydrogens is 330 g/mol. The molecule has 134 valence electrons. The molecule has 1 N–H and O–H groups in total. The van der Waals surface area contributed by atoms with Gasteiger partial charge in [0.25, 0.3) is 0 Å².